The predicted octanol–water partition coefficient (Wildman–Crippen LogP) is -1.33. The summed E-state index contributed by atoms with van der Waals surface area (Å²) in [5.41, 5.74) is 0. The second-order valence-corrected chi connectivity index (χ2v) is 2.45. The number of hydrogen-bond donors (Lipinski definition) is 1. The molecule has 0 saturated carbocycles. The molecule has 1 heterocycles. The Bertz CT molecular complexity index is 409. The van der Waals surface area contributed by atoms with Crippen molar-refractivity contribution < 1.29 is 24.0 Å². The highest BCUT2D eigenvalue weighted by atomic mass is 16.6. The fourth-order valence-electron chi connectivity index (χ4n) is 0.787. The first-order chi connectivity index (χ1) is 7.00. The summed E-state index contributed by atoms with van der Waals surface area (Å²) < 4.78 is 4.51. The largest absolute Gasteiger partial charge is 0.548 e. The van der Waals surface area contributed by atoms with E-state index in [2.05, 4.69) is 4.42 Å². The summed E-state index contributed by atoms with van der Waals surface area (Å²) >= 11 is 0. The van der Waals surface area contributed by atoms with Gasteiger partial charge in [-0.3, -0.25) is 14.9 Å². The number of carboxylic acids is 1. The molecule has 0 saturated heterocycles. The van der Waals surface area contributed by atoms with Gasteiger partial charge in [-0.1, -0.05) is 0 Å². The molecule has 1 rings (SSSR count). The molecule has 1 aromatic rings. The lowest BCUT2D eigenvalue weighted by Crippen LogP contribution is -2.37. The maximum atomic E-state index is 11.1. The number of nitro groups is 1. The van der Waals surface area contributed by atoms with E-state index < -0.39 is 29.2 Å². The van der Waals surface area contributed by atoms with Gasteiger partial charge in [0.05, 0.1) is 18.6 Å². The van der Waals surface area contributed by atoms with Gasteiger partial charge in [0.25, 0.3) is 5.91 Å². The maximum absolute atomic E-state index is 11.1. The summed E-state index contributed by atoms with van der Waals surface area (Å²) in [4.78, 5) is 30.4. The van der Waals surface area contributed by atoms with Gasteiger partial charge in [-0.2, -0.15) is 0 Å². The van der Waals surface area contributed by atoms with Crippen LogP contribution in [0.4, 0.5) is 5.88 Å². The zero-order valence-corrected chi connectivity index (χ0v) is 7.26. The number of nitrogens with one attached hydrogen (secondary N) is 1. The minimum Gasteiger partial charge on any atom is -0.548 e. The fourth-order valence-corrected chi connectivity index (χ4v) is 0.787. The molecule has 15 heavy (non-hydrogen) atoms. The zero-order valence-electron chi connectivity index (χ0n) is 7.26. The van der Waals surface area contributed by atoms with E-state index in [-0.39, 0.29) is 5.76 Å². The van der Waals surface area contributed by atoms with Gasteiger partial charge in [0.15, 0.2) is 5.76 Å². The smallest absolute Gasteiger partial charge is 0.433 e. The molecule has 1 aromatic heterocycles. The van der Waals surface area contributed by atoms with Gasteiger partial charge in [-0.05, 0) is 6.07 Å². The Morgan fingerprint density at radius 3 is 2.60 bits per heavy atom. The first-order valence-corrected chi connectivity index (χ1v) is 3.73. The third-order valence-corrected chi connectivity index (χ3v) is 1.39. The molecule has 0 aliphatic heterocycles. The van der Waals surface area contributed by atoms with Crippen molar-refractivity contribution in [1.29, 1.82) is 0 Å². The van der Waals surface area contributed by atoms with Gasteiger partial charge in [0, 0.05) is 0 Å². The number of rotatable bonds is 4. The molecular weight excluding hydrogens is 208 g/mol. The van der Waals surface area contributed by atoms with Crippen LogP contribution in [-0.4, -0.2) is 23.3 Å². The van der Waals surface area contributed by atoms with Crippen LogP contribution in [0.1, 0.15) is 10.6 Å². The Labute approximate surface area is 82.6 Å². The summed E-state index contributed by atoms with van der Waals surface area (Å²) in [6.45, 7) is -0.687. The van der Waals surface area contributed by atoms with Crippen molar-refractivity contribution in [3.05, 3.63) is 28.0 Å². The van der Waals surface area contributed by atoms with Crippen molar-refractivity contribution in [3.63, 3.8) is 0 Å². The van der Waals surface area contributed by atoms with Gasteiger partial charge in [0.1, 0.15) is 4.92 Å². The van der Waals surface area contributed by atoms with Crippen LogP contribution in [0, 0.1) is 10.1 Å². The van der Waals surface area contributed by atoms with Crippen molar-refractivity contribution in [1.82, 2.24) is 5.32 Å². The maximum Gasteiger partial charge on any atom is 0.433 e. The minimum absolute atomic E-state index is 0.331. The highest BCUT2D eigenvalue weighted by Crippen LogP contribution is 2.14. The van der Waals surface area contributed by atoms with Crippen LogP contribution in [0.15, 0.2) is 16.5 Å². The molecule has 0 aromatic carbocycles. The first kappa shape index (κ1) is 10.7. The molecule has 8 heteroatoms. The minimum atomic E-state index is -1.47. The molecule has 0 aliphatic rings. The normalized spacial score (nSPS) is 9.60. The molecule has 1 amide bonds. The van der Waals surface area contributed by atoms with Crippen LogP contribution < -0.4 is 10.4 Å². The predicted molar refractivity (Wildman–Crippen MR) is 42.7 cm³/mol. The van der Waals surface area contributed by atoms with Gasteiger partial charge in [-0.25, -0.2) is 0 Å². The van der Waals surface area contributed by atoms with Crippen LogP contribution in [0.2, 0.25) is 0 Å². The Morgan fingerprint density at radius 2 is 2.13 bits per heavy atom. The number of hydrogen-bond acceptors (Lipinski definition) is 6. The summed E-state index contributed by atoms with van der Waals surface area (Å²) in [7, 11) is 0. The van der Waals surface area contributed by atoms with E-state index in [0.717, 1.165) is 12.1 Å². The van der Waals surface area contributed by atoms with E-state index >= 15 is 0 Å². The lowest BCUT2D eigenvalue weighted by molar-refractivity contribution is -0.402. The fraction of sp³-hybridized carbons (Fsp3) is 0.143. The highest BCUT2D eigenvalue weighted by molar-refractivity contribution is 5.93. The van der Waals surface area contributed by atoms with Crippen molar-refractivity contribution in [3.8, 4) is 0 Å². The number of aliphatic carboxylic acids is 1. The highest BCUT2D eigenvalue weighted by Gasteiger charge is 2.16. The van der Waals surface area contributed by atoms with Crippen molar-refractivity contribution >= 4 is 17.8 Å². The molecule has 0 unspecified atom stereocenters. The summed E-state index contributed by atoms with van der Waals surface area (Å²) in [5.74, 6) is -3.24. The van der Waals surface area contributed by atoms with Crippen LogP contribution in [-0.2, 0) is 4.79 Å². The van der Waals surface area contributed by atoms with Crippen LogP contribution in [0.5, 0.6) is 0 Å². The molecule has 80 valence electrons. The van der Waals surface area contributed by atoms with Crippen molar-refractivity contribution in [2.24, 2.45) is 0 Å². The Kier molecular flexibility index (Phi) is 3.01. The molecule has 1 N–H and O–H groups in total. The average Bonchev–Trinajstić information content (AvgIpc) is 2.62. The molecule has 8 nitrogen and oxygen atoms in total. The Balaban J connectivity index is 2.66. The van der Waals surface area contributed by atoms with Gasteiger partial charge < -0.3 is 19.6 Å². The van der Waals surface area contributed by atoms with Crippen LogP contribution in [0.25, 0.3) is 0 Å². The van der Waals surface area contributed by atoms with Crippen LogP contribution in [0.3, 0.4) is 0 Å². The lowest BCUT2D eigenvalue weighted by atomic mass is 10.4. The zero-order chi connectivity index (χ0) is 11.4. The number of carbonyl (C=O) groups is 2. The lowest BCUT2D eigenvalue weighted by Gasteiger charge is -2.02. The Hall–Kier alpha value is -2.38. The second-order valence-electron chi connectivity index (χ2n) is 2.45. The summed E-state index contributed by atoms with van der Waals surface area (Å²) in [6.07, 6.45) is 0. The molecule has 0 radical (unpaired) electrons. The van der Waals surface area contributed by atoms with E-state index in [4.69, 9.17) is 0 Å². The molecule has 0 bridgehead atoms. The number of furan rings is 1. The average molecular weight is 213 g/mol. The summed E-state index contributed by atoms with van der Waals surface area (Å²) in [5, 5.41) is 22.1. The third kappa shape index (κ3) is 2.79. The van der Waals surface area contributed by atoms with Gasteiger partial charge in [0.2, 0.25) is 0 Å². The Morgan fingerprint density at radius 1 is 1.47 bits per heavy atom. The monoisotopic (exact) mass is 213 g/mol. The SMILES string of the molecule is O=C([O-])CNC(=O)c1ccc([N+](=O)[O-])o1. The standard InChI is InChI=1S/C7H6N2O6/c10-6(11)3-8-7(12)4-1-2-5(15-4)9(13)14/h1-2H,3H2,(H,8,12)(H,10,11)/p-1. The van der Waals surface area contributed by atoms with Gasteiger partial charge in [-0.15, -0.1) is 0 Å². The second kappa shape index (κ2) is 4.22. The van der Waals surface area contributed by atoms with E-state index in [1.807, 2.05) is 5.32 Å². The van der Waals surface area contributed by atoms with E-state index in [0.29, 0.717) is 0 Å². The number of amides is 1. The number of carbonyl (C=O) groups excluding carboxylic acids is 2. The van der Waals surface area contributed by atoms with Crippen LogP contribution >= 0.6 is 0 Å². The van der Waals surface area contributed by atoms with Gasteiger partial charge >= 0.3 is 5.88 Å². The topological polar surface area (TPSA) is 126 Å². The number of carboxylic acid groups (broad SMARTS) is 1. The first-order valence-electron chi connectivity index (χ1n) is 3.73. The van der Waals surface area contributed by atoms with Crippen molar-refractivity contribution in [2.75, 3.05) is 6.54 Å². The van der Waals surface area contributed by atoms with E-state index in [1.165, 1.54) is 0 Å². The summed E-state index contributed by atoms with van der Waals surface area (Å²) in [6, 6.07) is 2.07. The van der Waals surface area contributed by atoms with Crippen molar-refractivity contribution in [2.45, 2.75) is 0 Å². The third-order valence-electron chi connectivity index (χ3n) is 1.39. The molecular formula is C7H5N2O6-. The molecule has 0 fully saturated rings. The van der Waals surface area contributed by atoms with E-state index in [9.17, 15) is 24.8 Å². The molecule has 0 atom stereocenters. The van der Waals surface area contributed by atoms with E-state index in [1.54, 1.807) is 0 Å². The quantitative estimate of drug-likeness (QED) is 0.487. The molecule has 0 spiro atoms. The molecule has 0 aliphatic carbocycles. The number of nitrogens with zero attached hydrogens (tertiary/aromatic N) is 1.